The van der Waals surface area contributed by atoms with Gasteiger partial charge in [0.25, 0.3) is 0 Å². The fourth-order valence-electron chi connectivity index (χ4n) is 4.69. The summed E-state index contributed by atoms with van der Waals surface area (Å²) in [5, 5.41) is 3.62. The first-order valence-electron chi connectivity index (χ1n) is 13.0. The van der Waals surface area contributed by atoms with Crippen molar-refractivity contribution in [3.05, 3.63) is 64.7 Å². The Morgan fingerprint density at radius 3 is 2.32 bits per heavy atom. The minimum absolute atomic E-state index is 0.102. The summed E-state index contributed by atoms with van der Waals surface area (Å²) in [5.74, 6) is -0.398. The van der Waals surface area contributed by atoms with Gasteiger partial charge in [-0.3, -0.25) is 13.9 Å². The van der Waals surface area contributed by atoms with Gasteiger partial charge in [0.05, 0.1) is 11.9 Å². The average molecular weight is 548 g/mol. The number of halogens is 1. The van der Waals surface area contributed by atoms with Gasteiger partial charge in [-0.1, -0.05) is 61.7 Å². The molecule has 0 heterocycles. The number of aryl methyl sites for hydroxylation is 1. The zero-order chi connectivity index (χ0) is 27.0. The summed E-state index contributed by atoms with van der Waals surface area (Å²) in [6, 6.07) is 14.1. The number of carbonyl (C=O) groups is 2. The minimum atomic E-state index is -3.53. The van der Waals surface area contributed by atoms with Crippen LogP contribution in [0.15, 0.2) is 48.5 Å². The van der Waals surface area contributed by atoms with Crippen LogP contribution in [-0.4, -0.2) is 50.0 Å². The molecule has 2 aromatic rings. The summed E-state index contributed by atoms with van der Waals surface area (Å²) in [4.78, 5) is 28.0. The molecule has 1 fully saturated rings. The van der Waals surface area contributed by atoms with E-state index in [2.05, 4.69) is 5.32 Å². The molecule has 0 unspecified atom stereocenters. The molecule has 0 radical (unpaired) electrons. The first kappa shape index (κ1) is 29.0. The summed E-state index contributed by atoms with van der Waals surface area (Å²) < 4.78 is 26.3. The summed E-state index contributed by atoms with van der Waals surface area (Å²) in [7, 11) is -3.53. The molecule has 1 atom stereocenters. The number of hydrogen-bond donors (Lipinski definition) is 1. The van der Waals surface area contributed by atoms with Gasteiger partial charge in [0.1, 0.15) is 6.04 Å². The minimum Gasteiger partial charge on any atom is -0.352 e. The van der Waals surface area contributed by atoms with E-state index >= 15 is 0 Å². The van der Waals surface area contributed by atoms with Gasteiger partial charge in [-0.2, -0.15) is 0 Å². The van der Waals surface area contributed by atoms with Gasteiger partial charge in [0, 0.05) is 30.6 Å². The maximum atomic E-state index is 13.4. The van der Waals surface area contributed by atoms with E-state index in [0.29, 0.717) is 17.1 Å². The third-order valence-electron chi connectivity index (χ3n) is 6.95. The highest BCUT2D eigenvalue weighted by Crippen LogP contribution is 2.23. The Hall–Kier alpha value is -2.58. The van der Waals surface area contributed by atoms with Crippen molar-refractivity contribution in [2.45, 2.75) is 77.4 Å². The van der Waals surface area contributed by atoms with E-state index in [1.165, 1.54) is 10.6 Å². The SMILES string of the molecule is CCc1ccc(N(CCCC(=O)N(Cc2ccccc2Cl)[C@@H](C)C(=O)NC2CCCC2)S(C)(=O)=O)cc1. The maximum Gasteiger partial charge on any atom is 0.242 e. The van der Waals surface area contributed by atoms with Gasteiger partial charge in [-0.25, -0.2) is 8.42 Å². The molecule has 0 spiro atoms. The molecule has 0 aliphatic heterocycles. The lowest BCUT2D eigenvalue weighted by atomic mass is 10.1. The van der Waals surface area contributed by atoms with Gasteiger partial charge in [-0.15, -0.1) is 0 Å². The van der Waals surface area contributed by atoms with E-state index in [1.807, 2.05) is 37.3 Å². The number of amides is 2. The number of anilines is 1. The number of nitrogens with zero attached hydrogens (tertiary/aromatic N) is 2. The Balaban J connectivity index is 1.72. The lowest BCUT2D eigenvalue weighted by Gasteiger charge is -2.30. The maximum absolute atomic E-state index is 13.4. The number of carbonyl (C=O) groups excluding carboxylic acids is 2. The largest absolute Gasteiger partial charge is 0.352 e. The Labute approximate surface area is 226 Å². The van der Waals surface area contributed by atoms with E-state index < -0.39 is 16.1 Å². The quantitative estimate of drug-likeness (QED) is 0.408. The van der Waals surface area contributed by atoms with Crippen molar-refractivity contribution in [3.8, 4) is 0 Å². The van der Waals surface area contributed by atoms with Crippen molar-refractivity contribution in [2.24, 2.45) is 0 Å². The van der Waals surface area contributed by atoms with Crippen LogP contribution in [0.3, 0.4) is 0 Å². The molecule has 7 nitrogen and oxygen atoms in total. The molecule has 0 saturated heterocycles. The Kier molecular flexibility index (Phi) is 10.4. The fraction of sp³-hybridized carbons (Fsp3) is 0.500. The topological polar surface area (TPSA) is 86.8 Å². The summed E-state index contributed by atoms with van der Waals surface area (Å²) in [6.07, 6.45) is 6.55. The third kappa shape index (κ3) is 8.20. The molecule has 1 N–H and O–H groups in total. The molecule has 37 heavy (non-hydrogen) atoms. The molecule has 2 aromatic carbocycles. The van der Waals surface area contributed by atoms with E-state index in [1.54, 1.807) is 30.0 Å². The van der Waals surface area contributed by atoms with Crippen LogP contribution in [0.5, 0.6) is 0 Å². The zero-order valence-corrected chi connectivity index (χ0v) is 23.5. The zero-order valence-electron chi connectivity index (χ0n) is 22.0. The second-order valence-electron chi connectivity index (χ2n) is 9.74. The first-order valence-corrected chi connectivity index (χ1v) is 15.2. The van der Waals surface area contributed by atoms with Crippen molar-refractivity contribution in [1.82, 2.24) is 10.2 Å². The molecular weight excluding hydrogens is 510 g/mol. The molecule has 0 aromatic heterocycles. The smallest absolute Gasteiger partial charge is 0.242 e. The van der Waals surface area contributed by atoms with E-state index in [9.17, 15) is 18.0 Å². The summed E-state index contributed by atoms with van der Waals surface area (Å²) >= 11 is 6.37. The molecule has 1 aliphatic carbocycles. The van der Waals surface area contributed by atoms with Crippen molar-refractivity contribution in [3.63, 3.8) is 0 Å². The Morgan fingerprint density at radius 1 is 1.08 bits per heavy atom. The number of nitrogens with one attached hydrogen (secondary N) is 1. The van der Waals surface area contributed by atoms with Crippen LogP contribution >= 0.6 is 11.6 Å². The first-order chi connectivity index (χ1) is 17.6. The second-order valence-corrected chi connectivity index (χ2v) is 12.1. The van der Waals surface area contributed by atoms with Crippen molar-refractivity contribution in [2.75, 3.05) is 17.1 Å². The van der Waals surface area contributed by atoms with Crippen molar-refractivity contribution in [1.29, 1.82) is 0 Å². The normalized spacial score (nSPS) is 14.8. The van der Waals surface area contributed by atoms with Gasteiger partial charge in [0.15, 0.2) is 0 Å². The molecule has 0 bridgehead atoms. The van der Waals surface area contributed by atoms with Crippen molar-refractivity contribution >= 4 is 39.1 Å². The van der Waals surface area contributed by atoms with E-state index in [4.69, 9.17) is 11.6 Å². The van der Waals surface area contributed by atoms with Gasteiger partial charge >= 0.3 is 0 Å². The Morgan fingerprint density at radius 2 is 1.73 bits per heavy atom. The van der Waals surface area contributed by atoms with Gasteiger partial charge < -0.3 is 10.2 Å². The number of hydrogen-bond acceptors (Lipinski definition) is 4. The average Bonchev–Trinajstić information content (AvgIpc) is 3.38. The van der Waals surface area contributed by atoms with Crippen LogP contribution in [0, 0.1) is 0 Å². The summed E-state index contributed by atoms with van der Waals surface area (Å²) in [5.41, 5.74) is 2.45. The van der Waals surface area contributed by atoms with Crippen molar-refractivity contribution < 1.29 is 18.0 Å². The van der Waals surface area contributed by atoms with Crippen LogP contribution in [-0.2, 0) is 32.6 Å². The molecule has 9 heteroatoms. The van der Waals surface area contributed by atoms with Gasteiger partial charge in [0.2, 0.25) is 21.8 Å². The van der Waals surface area contributed by atoms with Gasteiger partial charge in [-0.05, 0) is 61.9 Å². The van der Waals surface area contributed by atoms with E-state index in [0.717, 1.165) is 43.2 Å². The molecule has 202 valence electrons. The molecule has 1 aliphatic rings. The summed E-state index contributed by atoms with van der Waals surface area (Å²) in [6.45, 7) is 4.14. The third-order valence-corrected chi connectivity index (χ3v) is 8.51. The van der Waals surface area contributed by atoms with Crippen LogP contribution in [0.4, 0.5) is 5.69 Å². The van der Waals surface area contributed by atoms with Crippen LogP contribution < -0.4 is 9.62 Å². The molecule has 1 saturated carbocycles. The highest BCUT2D eigenvalue weighted by Gasteiger charge is 2.29. The molecule has 3 rings (SSSR count). The number of benzene rings is 2. The predicted octanol–water partition coefficient (Wildman–Crippen LogP) is 4.92. The Bertz CT molecular complexity index is 1160. The second kappa shape index (κ2) is 13.3. The lowest BCUT2D eigenvalue weighted by Crippen LogP contribution is -2.49. The lowest BCUT2D eigenvalue weighted by molar-refractivity contribution is -0.140. The number of rotatable bonds is 12. The molecule has 2 amide bonds. The highest BCUT2D eigenvalue weighted by molar-refractivity contribution is 7.92. The van der Waals surface area contributed by atoms with E-state index in [-0.39, 0.29) is 37.4 Å². The van der Waals surface area contributed by atoms with Crippen LogP contribution in [0.25, 0.3) is 0 Å². The standard InChI is InChI=1S/C28H38ClN3O4S/c1-4-22-15-17-25(18-16-22)32(37(3,35)36)19-9-14-27(33)31(20-23-10-5-8-13-26(23)29)21(2)28(34)30-24-11-6-7-12-24/h5,8,10,13,15-18,21,24H,4,6-7,9,11-12,14,19-20H2,1-3H3,(H,30,34)/t21-/m0/s1. The van der Waals surface area contributed by atoms with Crippen LogP contribution in [0.2, 0.25) is 5.02 Å². The van der Waals surface area contributed by atoms with Crippen LogP contribution in [0.1, 0.15) is 63.5 Å². The highest BCUT2D eigenvalue weighted by atomic mass is 35.5. The predicted molar refractivity (Wildman–Crippen MR) is 149 cm³/mol. The fourth-order valence-corrected chi connectivity index (χ4v) is 5.85. The monoisotopic (exact) mass is 547 g/mol. The molecular formula is C28H38ClN3O4S. The number of sulfonamides is 1.